The fourth-order valence-corrected chi connectivity index (χ4v) is 8.11. The molecular weight excluding hydrogens is 380 g/mol. The molecule has 5 nitrogen and oxygen atoms in total. The van der Waals surface area contributed by atoms with Gasteiger partial charge in [-0.05, 0) is 85.0 Å². The fraction of sp³-hybridized carbons (Fsp3) is 0.840. The molecule has 4 aliphatic rings. The van der Waals surface area contributed by atoms with Crippen LogP contribution in [0.2, 0.25) is 0 Å². The predicted molar refractivity (Wildman–Crippen MR) is 113 cm³/mol. The highest BCUT2D eigenvalue weighted by atomic mass is 16.5. The van der Waals surface area contributed by atoms with Crippen LogP contribution in [0.25, 0.3) is 0 Å². The summed E-state index contributed by atoms with van der Waals surface area (Å²) in [6, 6.07) is 0. The van der Waals surface area contributed by atoms with Crippen LogP contribution in [-0.4, -0.2) is 41.3 Å². The lowest BCUT2D eigenvalue weighted by Crippen LogP contribution is -2.60. The molecule has 0 radical (unpaired) electrons. The van der Waals surface area contributed by atoms with Gasteiger partial charge in [-0.2, -0.15) is 0 Å². The van der Waals surface area contributed by atoms with E-state index in [9.17, 15) is 19.8 Å². The number of carbonyl (C=O) groups is 2. The molecule has 0 aromatic carbocycles. The summed E-state index contributed by atoms with van der Waals surface area (Å²) in [5, 5.41) is 22.7. The van der Waals surface area contributed by atoms with E-state index in [1.807, 2.05) is 0 Å². The van der Waals surface area contributed by atoms with E-state index in [4.69, 9.17) is 4.74 Å². The van der Waals surface area contributed by atoms with Crippen LogP contribution in [0, 0.1) is 40.4 Å². The minimum Gasteiger partial charge on any atom is -0.469 e. The number of hydrogen-bond acceptors (Lipinski definition) is 5. The first-order chi connectivity index (χ1) is 14.1. The van der Waals surface area contributed by atoms with Crippen LogP contribution in [-0.2, 0) is 14.3 Å². The Morgan fingerprint density at radius 1 is 1.27 bits per heavy atom. The Morgan fingerprint density at radius 3 is 2.70 bits per heavy atom. The minimum atomic E-state index is -0.443. The lowest BCUT2D eigenvalue weighted by Gasteiger charge is -2.61. The molecule has 0 amide bonds. The number of hydrogen-bond donors (Lipinski definition) is 2. The van der Waals surface area contributed by atoms with Gasteiger partial charge in [0, 0.05) is 12.8 Å². The third kappa shape index (κ3) is 3.19. The van der Waals surface area contributed by atoms with E-state index in [0.29, 0.717) is 37.5 Å². The first-order valence-corrected chi connectivity index (χ1v) is 11.8. The topological polar surface area (TPSA) is 83.8 Å². The van der Waals surface area contributed by atoms with E-state index in [2.05, 4.69) is 20.8 Å². The van der Waals surface area contributed by atoms with Gasteiger partial charge >= 0.3 is 5.97 Å². The van der Waals surface area contributed by atoms with Crippen LogP contribution in [0.15, 0.2) is 11.6 Å². The molecule has 2 N–H and O–H groups in total. The van der Waals surface area contributed by atoms with Gasteiger partial charge in [-0.1, -0.05) is 26.3 Å². The highest BCUT2D eigenvalue weighted by Gasteiger charge is 2.64. The number of rotatable bonds is 4. The van der Waals surface area contributed by atoms with Gasteiger partial charge in [-0.15, -0.1) is 0 Å². The van der Waals surface area contributed by atoms with Crippen molar-refractivity contribution in [3.8, 4) is 0 Å². The lowest BCUT2D eigenvalue weighted by atomic mass is 9.45. The Balaban J connectivity index is 1.61. The number of methoxy groups -OCH3 is 1. The van der Waals surface area contributed by atoms with Gasteiger partial charge in [0.05, 0.1) is 19.3 Å². The zero-order valence-electron chi connectivity index (χ0n) is 18.9. The van der Waals surface area contributed by atoms with Crippen LogP contribution in [0.4, 0.5) is 0 Å². The maximum absolute atomic E-state index is 12.0. The molecule has 7 unspecified atom stereocenters. The predicted octanol–water partition coefficient (Wildman–Crippen LogP) is 3.67. The summed E-state index contributed by atoms with van der Waals surface area (Å²) >= 11 is 0. The zero-order chi connectivity index (χ0) is 21.8. The van der Waals surface area contributed by atoms with Gasteiger partial charge in [0.25, 0.3) is 0 Å². The maximum Gasteiger partial charge on any atom is 0.305 e. The van der Waals surface area contributed by atoms with E-state index in [1.165, 1.54) is 7.11 Å². The molecular formula is C25H38O5. The molecule has 0 saturated heterocycles. The van der Waals surface area contributed by atoms with Crippen molar-refractivity contribution in [2.45, 2.75) is 84.3 Å². The summed E-state index contributed by atoms with van der Waals surface area (Å²) in [6.07, 6.45) is 6.86. The van der Waals surface area contributed by atoms with E-state index >= 15 is 0 Å². The van der Waals surface area contributed by atoms with Crippen molar-refractivity contribution in [3.63, 3.8) is 0 Å². The Kier molecular flexibility index (Phi) is 5.68. The molecule has 4 aliphatic carbocycles. The monoisotopic (exact) mass is 418 g/mol. The third-order valence-corrected chi connectivity index (χ3v) is 9.88. The normalized spacial score (nSPS) is 46.3. The molecule has 5 heteroatoms. The number of fused-ring (bicyclic) bond motifs is 5. The van der Waals surface area contributed by atoms with Crippen LogP contribution < -0.4 is 0 Å². The number of ketones is 1. The van der Waals surface area contributed by atoms with Crippen molar-refractivity contribution >= 4 is 11.8 Å². The number of aliphatic hydroxyl groups is 2. The summed E-state index contributed by atoms with van der Waals surface area (Å²) in [5.41, 5.74) is 0.776. The lowest BCUT2D eigenvalue weighted by molar-refractivity contribution is -0.168. The van der Waals surface area contributed by atoms with Gasteiger partial charge in [-0.3, -0.25) is 9.59 Å². The fourth-order valence-electron chi connectivity index (χ4n) is 8.11. The first-order valence-electron chi connectivity index (χ1n) is 11.8. The quantitative estimate of drug-likeness (QED) is 0.681. The second-order valence-corrected chi connectivity index (χ2v) is 11.0. The van der Waals surface area contributed by atoms with Crippen LogP contribution in [0.1, 0.15) is 72.1 Å². The van der Waals surface area contributed by atoms with Crippen molar-refractivity contribution in [1.82, 2.24) is 0 Å². The van der Waals surface area contributed by atoms with Crippen molar-refractivity contribution in [1.29, 1.82) is 0 Å². The minimum absolute atomic E-state index is 0.0886. The number of esters is 1. The summed E-state index contributed by atoms with van der Waals surface area (Å²) in [7, 11) is 1.43. The molecule has 3 fully saturated rings. The molecule has 4 rings (SSSR count). The molecule has 0 aromatic heterocycles. The smallest absolute Gasteiger partial charge is 0.305 e. The molecule has 0 heterocycles. The maximum atomic E-state index is 12.0. The summed E-state index contributed by atoms with van der Waals surface area (Å²) < 4.78 is 4.82. The average molecular weight is 419 g/mol. The van der Waals surface area contributed by atoms with Crippen LogP contribution >= 0.6 is 0 Å². The summed E-state index contributed by atoms with van der Waals surface area (Å²) in [6.45, 7) is 6.69. The van der Waals surface area contributed by atoms with E-state index in [1.54, 1.807) is 6.08 Å². The Bertz CT molecular complexity index is 744. The van der Waals surface area contributed by atoms with Crippen LogP contribution in [0.3, 0.4) is 0 Å². The molecule has 9 atom stereocenters. The van der Waals surface area contributed by atoms with Gasteiger partial charge in [0.15, 0.2) is 5.78 Å². The Labute approximate surface area is 180 Å². The van der Waals surface area contributed by atoms with Crippen molar-refractivity contribution in [3.05, 3.63) is 11.6 Å². The molecule has 0 aromatic rings. The van der Waals surface area contributed by atoms with Gasteiger partial charge in [0.2, 0.25) is 0 Å². The Morgan fingerprint density at radius 2 is 2.00 bits per heavy atom. The highest BCUT2D eigenvalue weighted by molar-refractivity contribution is 5.91. The Hall–Kier alpha value is -1.20. The van der Waals surface area contributed by atoms with Crippen molar-refractivity contribution in [2.24, 2.45) is 40.4 Å². The average Bonchev–Trinajstić information content (AvgIpc) is 3.06. The summed E-state index contributed by atoms with van der Waals surface area (Å²) in [4.78, 5) is 23.7. The molecule has 0 spiro atoms. The molecule has 30 heavy (non-hydrogen) atoms. The highest BCUT2D eigenvalue weighted by Crippen LogP contribution is 2.67. The number of aliphatic hydroxyl groups excluding tert-OH is 2. The molecule has 3 saturated carbocycles. The molecule has 168 valence electrons. The van der Waals surface area contributed by atoms with Crippen molar-refractivity contribution in [2.75, 3.05) is 7.11 Å². The van der Waals surface area contributed by atoms with Gasteiger partial charge in [0.1, 0.15) is 0 Å². The molecule has 0 aliphatic heterocycles. The SMILES string of the molecule is COC(=O)CCC(C)C1CCC2C3C(O)CC4=CC(=O)CC[C@]4(C)C3CC(O)[C@]12C. The van der Waals surface area contributed by atoms with E-state index in [0.717, 1.165) is 31.3 Å². The second kappa shape index (κ2) is 7.74. The zero-order valence-corrected chi connectivity index (χ0v) is 18.9. The van der Waals surface area contributed by atoms with Gasteiger partial charge < -0.3 is 14.9 Å². The third-order valence-electron chi connectivity index (χ3n) is 9.88. The number of carbonyl (C=O) groups excluding carboxylic acids is 2. The standard InChI is InChI=1S/C25H38O5/c1-14(5-8-22(29)30-4)17-6-7-18-23-19(13-21(28)25(17,18)3)24(2)10-9-16(26)11-15(24)12-20(23)27/h11,14,17-21,23,27-28H,5-10,12-13H2,1-4H3/t14?,17?,18?,19?,20?,21?,23?,24-,25+/m0/s1. The van der Waals surface area contributed by atoms with Crippen molar-refractivity contribution < 1.29 is 24.5 Å². The van der Waals surface area contributed by atoms with Crippen LogP contribution in [0.5, 0.6) is 0 Å². The largest absolute Gasteiger partial charge is 0.469 e. The van der Waals surface area contributed by atoms with E-state index < -0.39 is 12.2 Å². The molecule has 0 bridgehead atoms. The summed E-state index contributed by atoms with van der Waals surface area (Å²) in [5.74, 6) is 1.34. The van der Waals surface area contributed by atoms with Gasteiger partial charge in [-0.25, -0.2) is 0 Å². The van der Waals surface area contributed by atoms with E-state index in [-0.39, 0.29) is 40.3 Å². The first kappa shape index (κ1) is 22.0. The second-order valence-electron chi connectivity index (χ2n) is 11.0. The number of ether oxygens (including phenoxy) is 1.